The van der Waals surface area contributed by atoms with E-state index >= 15 is 0 Å². The molecule has 0 atom stereocenters. The van der Waals surface area contributed by atoms with Crippen molar-refractivity contribution in [3.8, 4) is 0 Å². The second-order valence-electron chi connectivity index (χ2n) is 5.31. The molecule has 0 spiro atoms. The van der Waals surface area contributed by atoms with Crippen molar-refractivity contribution >= 4 is 27.7 Å². The van der Waals surface area contributed by atoms with Gasteiger partial charge in [0.15, 0.2) is 5.58 Å². The van der Waals surface area contributed by atoms with Gasteiger partial charge in [-0.15, -0.1) is 0 Å². The van der Waals surface area contributed by atoms with Crippen molar-refractivity contribution in [3.63, 3.8) is 0 Å². The summed E-state index contributed by atoms with van der Waals surface area (Å²) in [5.74, 6) is 0.668. The summed E-state index contributed by atoms with van der Waals surface area (Å²) < 4.78 is 7.93. The van der Waals surface area contributed by atoms with Crippen LogP contribution in [-0.4, -0.2) is 9.55 Å². The number of hydrogen-bond acceptors (Lipinski definition) is 3. The average molecular weight is 277 g/mol. The zero-order valence-electron chi connectivity index (χ0n) is 11.7. The van der Waals surface area contributed by atoms with Crippen LogP contribution in [0, 0.1) is 6.92 Å². The molecule has 4 nitrogen and oxygen atoms in total. The van der Waals surface area contributed by atoms with Gasteiger partial charge in [-0.25, -0.2) is 4.98 Å². The summed E-state index contributed by atoms with van der Waals surface area (Å²) in [7, 11) is 0. The largest absolute Gasteiger partial charge is 0.439 e. The van der Waals surface area contributed by atoms with Gasteiger partial charge in [0.1, 0.15) is 5.52 Å². The van der Waals surface area contributed by atoms with Crippen molar-refractivity contribution in [2.24, 2.45) is 0 Å². The van der Waals surface area contributed by atoms with Crippen molar-refractivity contribution in [2.75, 3.05) is 5.73 Å². The maximum Gasteiger partial charge on any atom is 0.215 e. The monoisotopic (exact) mass is 277 g/mol. The highest BCUT2D eigenvalue weighted by Gasteiger charge is 2.10. The number of aryl methyl sites for hydroxylation is 1. The summed E-state index contributed by atoms with van der Waals surface area (Å²) in [6.45, 7) is 2.69. The number of nitrogens with two attached hydrogens (primary N) is 1. The number of anilines is 1. The lowest BCUT2D eigenvalue weighted by molar-refractivity contribution is 0.513. The second kappa shape index (κ2) is 4.38. The molecule has 4 aromatic rings. The Kier molecular flexibility index (Phi) is 2.51. The van der Waals surface area contributed by atoms with E-state index in [0.717, 1.165) is 11.1 Å². The highest BCUT2D eigenvalue weighted by atomic mass is 16.3. The van der Waals surface area contributed by atoms with Crippen molar-refractivity contribution in [1.29, 1.82) is 0 Å². The predicted molar refractivity (Wildman–Crippen MR) is 84.2 cm³/mol. The van der Waals surface area contributed by atoms with Gasteiger partial charge in [-0.2, -0.15) is 0 Å². The minimum Gasteiger partial charge on any atom is -0.439 e. The molecule has 2 heterocycles. The van der Waals surface area contributed by atoms with Gasteiger partial charge in [-0.1, -0.05) is 18.2 Å². The summed E-state index contributed by atoms with van der Waals surface area (Å²) >= 11 is 0. The van der Waals surface area contributed by atoms with Gasteiger partial charge >= 0.3 is 0 Å². The Hall–Kier alpha value is -2.75. The molecule has 104 valence electrons. The number of oxazole rings is 1. The summed E-state index contributed by atoms with van der Waals surface area (Å²) in [5.41, 5.74) is 10.5. The molecule has 2 N–H and O–H groups in total. The summed E-state index contributed by atoms with van der Waals surface area (Å²) in [5, 5.41) is 1.22. The lowest BCUT2D eigenvalue weighted by Crippen LogP contribution is -1.98. The average Bonchev–Trinajstić information content (AvgIpc) is 3.04. The topological polar surface area (TPSA) is 57.0 Å². The molecule has 4 rings (SSSR count). The van der Waals surface area contributed by atoms with E-state index in [9.17, 15) is 0 Å². The first-order chi connectivity index (χ1) is 10.2. The highest BCUT2D eigenvalue weighted by molar-refractivity contribution is 5.85. The van der Waals surface area contributed by atoms with Crippen LogP contribution in [0.3, 0.4) is 0 Å². The van der Waals surface area contributed by atoms with E-state index in [1.165, 1.54) is 16.5 Å². The summed E-state index contributed by atoms with van der Waals surface area (Å²) in [6, 6.07) is 14.1. The summed E-state index contributed by atoms with van der Waals surface area (Å²) in [4.78, 5) is 4.50. The van der Waals surface area contributed by atoms with Crippen LogP contribution in [0.4, 0.5) is 5.69 Å². The minimum atomic E-state index is 0.598. The number of fused-ring (bicyclic) bond motifs is 2. The van der Waals surface area contributed by atoms with E-state index in [1.54, 1.807) is 0 Å². The number of nitrogen functional groups attached to an aromatic ring is 1. The van der Waals surface area contributed by atoms with Crippen LogP contribution in [0.15, 0.2) is 53.1 Å². The van der Waals surface area contributed by atoms with Crippen LogP contribution in [0.2, 0.25) is 0 Å². The quantitative estimate of drug-likeness (QED) is 0.568. The van der Waals surface area contributed by atoms with E-state index in [4.69, 9.17) is 10.2 Å². The van der Waals surface area contributed by atoms with E-state index in [-0.39, 0.29) is 0 Å². The number of benzene rings is 2. The van der Waals surface area contributed by atoms with Gasteiger partial charge in [0, 0.05) is 11.7 Å². The maximum atomic E-state index is 5.92. The lowest BCUT2D eigenvalue weighted by atomic mass is 10.2. The smallest absolute Gasteiger partial charge is 0.215 e. The Morgan fingerprint density at radius 2 is 2.10 bits per heavy atom. The fourth-order valence-electron chi connectivity index (χ4n) is 2.66. The van der Waals surface area contributed by atoms with Crippen molar-refractivity contribution in [3.05, 3.63) is 60.1 Å². The third kappa shape index (κ3) is 1.96. The highest BCUT2D eigenvalue weighted by Crippen LogP contribution is 2.23. The molecular formula is C17H15N3O. The third-order valence-corrected chi connectivity index (χ3v) is 3.73. The number of hydrogen-bond donors (Lipinski definition) is 1. The van der Waals surface area contributed by atoms with Crippen LogP contribution in [0.25, 0.3) is 22.0 Å². The zero-order valence-corrected chi connectivity index (χ0v) is 11.7. The molecule has 2 aromatic carbocycles. The predicted octanol–water partition coefficient (Wildman–Crippen LogP) is 3.72. The molecule has 0 aliphatic heterocycles. The molecule has 4 heteroatoms. The Morgan fingerprint density at radius 1 is 1.19 bits per heavy atom. The Balaban J connectivity index is 1.79. The van der Waals surface area contributed by atoms with E-state index in [1.807, 2.05) is 18.2 Å². The van der Waals surface area contributed by atoms with Crippen LogP contribution in [0.5, 0.6) is 0 Å². The van der Waals surface area contributed by atoms with Crippen LogP contribution in [0.1, 0.15) is 11.5 Å². The Labute approximate surface area is 121 Å². The Morgan fingerprint density at radius 3 is 2.95 bits per heavy atom. The van der Waals surface area contributed by atoms with Crippen molar-refractivity contribution in [1.82, 2.24) is 9.55 Å². The maximum absolute atomic E-state index is 5.92. The standard InChI is InChI=1S/C17H15N3O/c1-11-5-6-12-7-8-20(14(12)9-11)10-16-19-17-13(18)3-2-4-15(17)21-16/h2-9H,10,18H2,1H3. The van der Waals surface area contributed by atoms with E-state index < -0.39 is 0 Å². The molecule has 0 unspecified atom stereocenters. The molecule has 0 fully saturated rings. The summed E-state index contributed by atoms with van der Waals surface area (Å²) in [6.07, 6.45) is 2.06. The van der Waals surface area contributed by atoms with Gasteiger partial charge < -0.3 is 14.7 Å². The van der Waals surface area contributed by atoms with Crippen LogP contribution in [-0.2, 0) is 6.54 Å². The van der Waals surface area contributed by atoms with Crippen molar-refractivity contribution in [2.45, 2.75) is 13.5 Å². The van der Waals surface area contributed by atoms with E-state index in [0.29, 0.717) is 18.1 Å². The molecular weight excluding hydrogens is 262 g/mol. The molecule has 0 aliphatic carbocycles. The first-order valence-electron chi connectivity index (χ1n) is 6.90. The normalized spacial score (nSPS) is 11.5. The molecule has 0 radical (unpaired) electrons. The lowest BCUT2D eigenvalue weighted by Gasteiger charge is -2.02. The van der Waals surface area contributed by atoms with Gasteiger partial charge in [-0.05, 0) is 42.1 Å². The third-order valence-electron chi connectivity index (χ3n) is 3.73. The molecule has 21 heavy (non-hydrogen) atoms. The minimum absolute atomic E-state index is 0.598. The van der Waals surface area contributed by atoms with Crippen molar-refractivity contribution < 1.29 is 4.42 Å². The fraction of sp³-hybridized carbons (Fsp3) is 0.118. The van der Waals surface area contributed by atoms with Gasteiger partial charge in [0.05, 0.1) is 12.2 Å². The van der Waals surface area contributed by atoms with Crippen LogP contribution < -0.4 is 5.73 Å². The van der Waals surface area contributed by atoms with Gasteiger partial charge in [0.25, 0.3) is 0 Å². The van der Waals surface area contributed by atoms with Gasteiger partial charge in [0.2, 0.25) is 5.89 Å². The second-order valence-corrected chi connectivity index (χ2v) is 5.31. The molecule has 0 aliphatic rings. The molecule has 0 saturated heterocycles. The number of para-hydroxylation sites is 1. The van der Waals surface area contributed by atoms with E-state index in [2.05, 4.69) is 46.9 Å². The zero-order chi connectivity index (χ0) is 14.4. The molecule has 0 saturated carbocycles. The first kappa shape index (κ1) is 12.0. The number of nitrogens with zero attached hydrogens (tertiary/aromatic N) is 2. The van der Waals surface area contributed by atoms with Gasteiger partial charge in [-0.3, -0.25) is 0 Å². The number of aromatic nitrogens is 2. The fourth-order valence-corrected chi connectivity index (χ4v) is 2.66. The molecule has 0 bridgehead atoms. The Bertz CT molecular complexity index is 949. The molecule has 0 amide bonds. The number of rotatable bonds is 2. The molecule has 2 aromatic heterocycles. The van der Waals surface area contributed by atoms with Crippen LogP contribution >= 0.6 is 0 Å². The first-order valence-corrected chi connectivity index (χ1v) is 6.90. The SMILES string of the molecule is Cc1ccc2ccn(Cc3nc4c(N)cccc4o3)c2c1.